The average Bonchev–Trinajstić information content (AvgIpc) is 2.86. The number of carbonyl (C=O) groups excluding carboxylic acids is 1. The van der Waals surface area contributed by atoms with Crippen LogP contribution < -0.4 is 16.4 Å². The minimum absolute atomic E-state index is 0.122. The molecule has 1 unspecified atom stereocenters. The number of aryl methyl sites for hydroxylation is 1. The monoisotopic (exact) mass is 305 g/mol. The van der Waals surface area contributed by atoms with Gasteiger partial charge in [-0.3, -0.25) is 19.5 Å². The summed E-state index contributed by atoms with van der Waals surface area (Å²) in [7, 11) is 1.85. The number of amides is 1. The SMILES string of the molecule is CC(C)C(NC(=O)Cn1[nH]c(=O)ccc1=O)c1nccn1C. The van der Waals surface area contributed by atoms with E-state index in [-0.39, 0.29) is 24.4 Å². The predicted molar refractivity (Wildman–Crippen MR) is 80.3 cm³/mol. The highest BCUT2D eigenvalue weighted by Gasteiger charge is 2.22. The fourth-order valence-electron chi connectivity index (χ4n) is 2.15. The van der Waals surface area contributed by atoms with Crippen LogP contribution in [-0.4, -0.2) is 25.2 Å². The molecule has 0 fully saturated rings. The highest BCUT2D eigenvalue weighted by Crippen LogP contribution is 2.19. The number of aromatic nitrogens is 4. The first-order valence-electron chi connectivity index (χ1n) is 6.95. The molecule has 0 aliphatic heterocycles. The van der Waals surface area contributed by atoms with E-state index < -0.39 is 11.1 Å². The Balaban J connectivity index is 2.16. The molecule has 0 radical (unpaired) electrons. The van der Waals surface area contributed by atoms with E-state index in [9.17, 15) is 14.4 Å². The van der Waals surface area contributed by atoms with Gasteiger partial charge in [-0.15, -0.1) is 0 Å². The van der Waals surface area contributed by atoms with Crippen LogP contribution >= 0.6 is 0 Å². The van der Waals surface area contributed by atoms with Crippen molar-refractivity contribution in [2.45, 2.75) is 26.4 Å². The maximum absolute atomic E-state index is 12.2. The summed E-state index contributed by atoms with van der Waals surface area (Å²) in [5, 5.41) is 5.17. The quantitative estimate of drug-likeness (QED) is 0.797. The normalized spacial score (nSPS) is 12.4. The lowest BCUT2D eigenvalue weighted by Gasteiger charge is -2.22. The highest BCUT2D eigenvalue weighted by atomic mass is 16.2. The second-order valence-corrected chi connectivity index (χ2v) is 5.42. The van der Waals surface area contributed by atoms with Crippen LogP contribution in [0.25, 0.3) is 0 Å². The van der Waals surface area contributed by atoms with Crippen LogP contribution in [-0.2, 0) is 18.4 Å². The number of aromatic amines is 1. The molecule has 0 bridgehead atoms. The molecule has 1 amide bonds. The van der Waals surface area contributed by atoms with Crippen LogP contribution in [0.1, 0.15) is 25.7 Å². The van der Waals surface area contributed by atoms with E-state index >= 15 is 0 Å². The smallest absolute Gasteiger partial charge is 0.265 e. The first-order valence-corrected chi connectivity index (χ1v) is 6.95. The van der Waals surface area contributed by atoms with Crippen LogP contribution in [0.3, 0.4) is 0 Å². The molecule has 0 spiro atoms. The molecule has 118 valence electrons. The zero-order valence-corrected chi connectivity index (χ0v) is 12.7. The molecule has 2 heterocycles. The van der Waals surface area contributed by atoms with Gasteiger partial charge in [-0.2, -0.15) is 0 Å². The number of rotatable bonds is 5. The van der Waals surface area contributed by atoms with Crippen molar-refractivity contribution in [2.75, 3.05) is 0 Å². The third-order valence-corrected chi connectivity index (χ3v) is 3.31. The average molecular weight is 305 g/mol. The van der Waals surface area contributed by atoms with Gasteiger partial charge in [-0.1, -0.05) is 13.8 Å². The Morgan fingerprint density at radius 3 is 2.68 bits per heavy atom. The highest BCUT2D eigenvalue weighted by molar-refractivity contribution is 5.76. The van der Waals surface area contributed by atoms with Gasteiger partial charge in [0.2, 0.25) is 5.91 Å². The standard InChI is InChI=1S/C14H19N5O3/c1-9(2)13(14-15-6-7-18(14)3)16-11(21)8-19-12(22)5-4-10(20)17-19/h4-7,9,13H,8H2,1-3H3,(H,16,21)(H,17,20). The molecule has 0 aliphatic rings. The Morgan fingerprint density at radius 2 is 2.09 bits per heavy atom. The van der Waals surface area contributed by atoms with E-state index in [0.29, 0.717) is 0 Å². The van der Waals surface area contributed by atoms with Crippen molar-refractivity contribution in [3.05, 3.63) is 51.1 Å². The van der Waals surface area contributed by atoms with Gasteiger partial charge in [0.05, 0.1) is 6.04 Å². The van der Waals surface area contributed by atoms with Gasteiger partial charge in [-0.05, 0) is 5.92 Å². The van der Waals surface area contributed by atoms with Crippen LogP contribution in [0.4, 0.5) is 0 Å². The zero-order chi connectivity index (χ0) is 16.3. The summed E-state index contributed by atoms with van der Waals surface area (Å²) in [6.45, 7) is 3.69. The van der Waals surface area contributed by atoms with Gasteiger partial charge in [-0.25, -0.2) is 9.67 Å². The van der Waals surface area contributed by atoms with Crippen molar-refractivity contribution >= 4 is 5.91 Å². The molecule has 2 aromatic heterocycles. The Labute approximate surface area is 126 Å². The number of hydrogen-bond donors (Lipinski definition) is 2. The first kappa shape index (κ1) is 15.7. The van der Waals surface area contributed by atoms with Crippen molar-refractivity contribution in [1.82, 2.24) is 24.6 Å². The Hall–Kier alpha value is -2.64. The lowest BCUT2D eigenvalue weighted by molar-refractivity contribution is -0.123. The Morgan fingerprint density at radius 1 is 1.36 bits per heavy atom. The first-order chi connectivity index (χ1) is 10.4. The Bertz CT molecular complexity index is 771. The van der Waals surface area contributed by atoms with Gasteiger partial charge in [0, 0.05) is 31.6 Å². The summed E-state index contributed by atoms with van der Waals surface area (Å²) >= 11 is 0. The van der Waals surface area contributed by atoms with Crippen LogP contribution in [0.5, 0.6) is 0 Å². The number of nitrogens with one attached hydrogen (secondary N) is 2. The fourth-order valence-corrected chi connectivity index (χ4v) is 2.15. The minimum Gasteiger partial charge on any atom is -0.344 e. The maximum atomic E-state index is 12.2. The molecule has 1 atom stereocenters. The summed E-state index contributed by atoms with van der Waals surface area (Å²) in [5.74, 6) is 0.486. The molecular formula is C14H19N5O3. The number of H-pyrrole nitrogens is 1. The second-order valence-electron chi connectivity index (χ2n) is 5.42. The van der Waals surface area contributed by atoms with E-state index in [1.165, 1.54) is 0 Å². The van der Waals surface area contributed by atoms with Crippen molar-refractivity contribution in [3.63, 3.8) is 0 Å². The van der Waals surface area contributed by atoms with Crippen molar-refractivity contribution in [3.8, 4) is 0 Å². The molecule has 2 N–H and O–H groups in total. The van der Waals surface area contributed by atoms with Crippen LogP contribution in [0.15, 0.2) is 34.1 Å². The van der Waals surface area contributed by atoms with Gasteiger partial charge in [0.25, 0.3) is 11.1 Å². The largest absolute Gasteiger partial charge is 0.344 e. The molecule has 22 heavy (non-hydrogen) atoms. The van der Waals surface area contributed by atoms with Crippen LogP contribution in [0.2, 0.25) is 0 Å². The summed E-state index contributed by atoms with van der Waals surface area (Å²) in [6, 6.07) is 1.98. The lowest BCUT2D eigenvalue weighted by Crippen LogP contribution is -2.39. The zero-order valence-electron chi connectivity index (χ0n) is 12.7. The molecule has 2 rings (SSSR count). The molecule has 8 heteroatoms. The summed E-state index contributed by atoms with van der Waals surface area (Å²) < 4.78 is 2.81. The molecule has 0 saturated heterocycles. The van der Waals surface area contributed by atoms with E-state index in [1.807, 2.05) is 25.5 Å². The fraction of sp³-hybridized carbons (Fsp3) is 0.429. The molecular weight excluding hydrogens is 286 g/mol. The number of imidazole rings is 1. The summed E-state index contributed by atoms with van der Waals surface area (Å²) in [4.78, 5) is 39.2. The van der Waals surface area contributed by atoms with Gasteiger partial charge in [0.1, 0.15) is 12.4 Å². The predicted octanol–water partition coefficient (Wildman–Crippen LogP) is -0.216. The summed E-state index contributed by atoms with van der Waals surface area (Å²) in [5.41, 5.74) is -0.871. The van der Waals surface area contributed by atoms with E-state index in [2.05, 4.69) is 15.4 Å². The van der Waals surface area contributed by atoms with E-state index in [4.69, 9.17) is 0 Å². The van der Waals surface area contributed by atoms with Crippen molar-refractivity contribution < 1.29 is 4.79 Å². The van der Waals surface area contributed by atoms with Crippen LogP contribution in [0, 0.1) is 5.92 Å². The molecule has 2 aromatic rings. The topological polar surface area (TPSA) is 102 Å². The minimum atomic E-state index is -0.437. The second kappa shape index (κ2) is 6.42. The third-order valence-electron chi connectivity index (χ3n) is 3.31. The van der Waals surface area contributed by atoms with E-state index in [0.717, 1.165) is 22.6 Å². The number of nitrogens with zero attached hydrogens (tertiary/aromatic N) is 3. The van der Waals surface area contributed by atoms with Gasteiger partial charge >= 0.3 is 0 Å². The Kier molecular flexibility index (Phi) is 4.59. The summed E-state index contributed by atoms with van der Waals surface area (Å²) in [6.07, 6.45) is 3.46. The lowest BCUT2D eigenvalue weighted by atomic mass is 10.0. The molecule has 0 saturated carbocycles. The molecule has 0 aromatic carbocycles. The number of carbonyl (C=O) groups is 1. The molecule has 8 nitrogen and oxygen atoms in total. The van der Waals surface area contributed by atoms with Crippen molar-refractivity contribution in [2.24, 2.45) is 13.0 Å². The van der Waals surface area contributed by atoms with Gasteiger partial charge in [0.15, 0.2) is 0 Å². The number of hydrogen-bond acceptors (Lipinski definition) is 4. The van der Waals surface area contributed by atoms with Crippen molar-refractivity contribution in [1.29, 1.82) is 0 Å². The van der Waals surface area contributed by atoms with E-state index in [1.54, 1.807) is 12.4 Å². The molecule has 0 aliphatic carbocycles. The maximum Gasteiger partial charge on any atom is 0.265 e. The van der Waals surface area contributed by atoms with Gasteiger partial charge < -0.3 is 9.88 Å². The third kappa shape index (κ3) is 3.51.